The van der Waals surface area contributed by atoms with Crippen molar-refractivity contribution in [1.29, 1.82) is 0 Å². The number of para-hydroxylation sites is 1. The predicted octanol–water partition coefficient (Wildman–Crippen LogP) is 2.50. The Labute approximate surface area is 140 Å². The van der Waals surface area contributed by atoms with Crippen molar-refractivity contribution < 1.29 is 14.0 Å². The molecule has 24 heavy (non-hydrogen) atoms. The summed E-state index contributed by atoms with van der Waals surface area (Å²) in [6, 6.07) is 7.85. The van der Waals surface area contributed by atoms with Gasteiger partial charge in [0.05, 0.1) is 6.21 Å². The third kappa shape index (κ3) is 3.82. The molecule has 6 heteroatoms. The van der Waals surface area contributed by atoms with Gasteiger partial charge in [0.25, 0.3) is 0 Å². The summed E-state index contributed by atoms with van der Waals surface area (Å²) in [5.74, 6) is -0.544. The van der Waals surface area contributed by atoms with E-state index in [-0.39, 0.29) is 6.04 Å². The van der Waals surface area contributed by atoms with Crippen molar-refractivity contribution in [1.82, 2.24) is 10.7 Å². The molecule has 126 valence electrons. The van der Waals surface area contributed by atoms with Gasteiger partial charge in [0.1, 0.15) is 11.3 Å². The van der Waals surface area contributed by atoms with E-state index in [2.05, 4.69) is 22.8 Å². The minimum atomic E-state index is -0.749. The van der Waals surface area contributed by atoms with Crippen LogP contribution in [0.2, 0.25) is 0 Å². The van der Waals surface area contributed by atoms with E-state index in [0.29, 0.717) is 0 Å². The molecule has 1 saturated carbocycles. The number of hydrogen-bond acceptors (Lipinski definition) is 4. The molecule has 1 fully saturated rings. The van der Waals surface area contributed by atoms with E-state index in [1.165, 1.54) is 0 Å². The van der Waals surface area contributed by atoms with Crippen LogP contribution in [0.15, 0.2) is 33.8 Å². The molecule has 2 amide bonds. The van der Waals surface area contributed by atoms with Crippen molar-refractivity contribution in [2.75, 3.05) is 0 Å². The Hall–Kier alpha value is -2.63. The fraction of sp³-hybridized carbons (Fsp3) is 0.389. The first-order valence-corrected chi connectivity index (χ1v) is 8.33. The second-order valence-electron chi connectivity index (χ2n) is 5.99. The summed E-state index contributed by atoms with van der Waals surface area (Å²) in [5.41, 5.74) is 3.92. The minimum Gasteiger partial charge on any atom is -0.460 e. The Morgan fingerprint density at radius 2 is 2.08 bits per heavy atom. The summed E-state index contributed by atoms with van der Waals surface area (Å²) in [6.07, 6.45) is 6.30. The molecule has 3 rings (SSSR count). The second-order valence-corrected chi connectivity index (χ2v) is 5.99. The van der Waals surface area contributed by atoms with E-state index in [1.54, 1.807) is 6.21 Å². The number of furan rings is 1. The van der Waals surface area contributed by atoms with Gasteiger partial charge in [-0.3, -0.25) is 9.59 Å². The monoisotopic (exact) mass is 327 g/mol. The second kappa shape index (κ2) is 7.29. The first kappa shape index (κ1) is 16.2. The average molecular weight is 327 g/mol. The van der Waals surface area contributed by atoms with Gasteiger partial charge < -0.3 is 9.73 Å². The van der Waals surface area contributed by atoms with E-state index in [1.807, 2.05) is 24.3 Å². The van der Waals surface area contributed by atoms with Gasteiger partial charge in [0, 0.05) is 23.4 Å². The lowest BCUT2D eigenvalue weighted by atomic mass is 10.1. The van der Waals surface area contributed by atoms with Gasteiger partial charge in [0.2, 0.25) is 0 Å². The van der Waals surface area contributed by atoms with Crippen LogP contribution < -0.4 is 10.7 Å². The van der Waals surface area contributed by atoms with Crippen LogP contribution >= 0.6 is 0 Å². The van der Waals surface area contributed by atoms with E-state index < -0.39 is 11.8 Å². The molecule has 2 aromatic rings. The van der Waals surface area contributed by atoms with E-state index in [9.17, 15) is 9.59 Å². The molecule has 1 aromatic carbocycles. The lowest BCUT2D eigenvalue weighted by Gasteiger charge is -2.01. The summed E-state index contributed by atoms with van der Waals surface area (Å²) in [5, 5.41) is 7.51. The number of amides is 2. The van der Waals surface area contributed by atoms with Crippen LogP contribution in [0.1, 0.15) is 43.9 Å². The van der Waals surface area contributed by atoms with Crippen molar-refractivity contribution in [2.45, 2.75) is 45.1 Å². The summed E-state index contributed by atoms with van der Waals surface area (Å²) < 4.78 is 5.88. The van der Waals surface area contributed by atoms with Crippen LogP contribution in [0.3, 0.4) is 0 Å². The fourth-order valence-corrected chi connectivity index (χ4v) is 2.47. The number of benzene rings is 1. The van der Waals surface area contributed by atoms with Gasteiger partial charge in [-0.2, -0.15) is 5.10 Å². The summed E-state index contributed by atoms with van der Waals surface area (Å²) >= 11 is 0. The van der Waals surface area contributed by atoms with Gasteiger partial charge in [-0.1, -0.05) is 31.5 Å². The SMILES string of the molecule is CCCCc1oc2ccccc2c1/C=N\NC(=O)C(=O)NC1CC1. The number of carbonyl (C=O) groups excluding carboxylic acids is 2. The molecule has 0 aliphatic heterocycles. The molecule has 1 aliphatic rings. The molecule has 0 saturated heterocycles. The normalized spacial score (nSPS) is 14.2. The number of rotatable bonds is 6. The number of carbonyl (C=O) groups is 2. The van der Waals surface area contributed by atoms with Gasteiger partial charge in [-0.25, -0.2) is 5.43 Å². The maximum Gasteiger partial charge on any atom is 0.329 e. The molecule has 0 atom stereocenters. The molecule has 0 spiro atoms. The number of nitrogens with zero attached hydrogens (tertiary/aromatic N) is 1. The van der Waals surface area contributed by atoms with Crippen molar-refractivity contribution >= 4 is 29.0 Å². The first-order chi connectivity index (χ1) is 11.7. The highest BCUT2D eigenvalue weighted by molar-refractivity contribution is 6.35. The zero-order valence-corrected chi connectivity index (χ0v) is 13.7. The molecule has 1 aliphatic carbocycles. The molecular weight excluding hydrogens is 306 g/mol. The lowest BCUT2D eigenvalue weighted by molar-refractivity contribution is -0.139. The molecule has 1 aromatic heterocycles. The third-order valence-electron chi connectivity index (χ3n) is 3.95. The number of fused-ring (bicyclic) bond motifs is 1. The van der Waals surface area contributed by atoms with Gasteiger partial charge >= 0.3 is 11.8 Å². The Balaban J connectivity index is 1.72. The van der Waals surface area contributed by atoms with Crippen LogP contribution in [0.5, 0.6) is 0 Å². The summed E-state index contributed by atoms with van der Waals surface area (Å²) in [7, 11) is 0. The van der Waals surface area contributed by atoms with Gasteiger partial charge in [-0.05, 0) is 25.3 Å². The van der Waals surface area contributed by atoms with E-state index in [0.717, 1.165) is 54.4 Å². The Morgan fingerprint density at radius 3 is 2.83 bits per heavy atom. The van der Waals surface area contributed by atoms with E-state index >= 15 is 0 Å². The topological polar surface area (TPSA) is 83.7 Å². The molecule has 1 heterocycles. The number of unbranched alkanes of at least 4 members (excludes halogenated alkanes) is 1. The van der Waals surface area contributed by atoms with Gasteiger partial charge in [0.15, 0.2) is 0 Å². The minimum absolute atomic E-state index is 0.144. The predicted molar refractivity (Wildman–Crippen MR) is 91.7 cm³/mol. The molecule has 2 N–H and O–H groups in total. The van der Waals surface area contributed by atoms with E-state index in [4.69, 9.17) is 4.42 Å². The number of aryl methyl sites for hydroxylation is 1. The summed E-state index contributed by atoms with van der Waals surface area (Å²) in [6.45, 7) is 2.12. The average Bonchev–Trinajstić information content (AvgIpc) is 3.33. The Kier molecular flexibility index (Phi) is 4.93. The maximum absolute atomic E-state index is 11.7. The van der Waals surface area contributed by atoms with Crippen molar-refractivity contribution in [3.8, 4) is 0 Å². The first-order valence-electron chi connectivity index (χ1n) is 8.33. The van der Waals surface area contributed by atoms with Crippen LogP contribution in [-0.4, -0.2) is 24.1 Å². The van der Waals surface area contributed by atoms with Crippen LogP contribution in [-0.2, 0) is 16.0 Å². The van der Waals surface area contributed by atoms with Crippen LogP contribution in [0.4, 0.5) is 0 Å². The molecular formula is C18H21N3O3. The Morgan fingerprint density at radius 1 is 1.29 bits per heavy atom. The quantitative estimate of drug-likeness (QED) is 0.486. The van der Waals surface area contributed by atoms with Gasteiger partial charge in [-0.15, -0.1) is 0 Å². The van der Waals surface area contributed by atoms with Crippen LogP contribution in [0.25, 0.3) is 11.0 Å². The lowest BCUT2D eigenvalue weighted by Crippen LogP contribution is -2.38. The highest BCUT2D eigenvalue weighted by atomic mass is 16.3. The third-order valence-corrected chi connectivity index (χ3v) is 3.95. The zero-order valence-electron chi connectivity index (χ0n) is 13.7. The molecule has 0 bridgehead atoms. The molecule has 0 radical (unpaired) electrons. The fourth-order valence-electron chi connectivity index (χ4n) is 2.47. The molecule has 6 nitrogen and oxygen atoms in total. The maximum atomic E-state index is 11.7. The van der Waals surface area contributed by atoms with Crippen molar-refractivity contribution in [3.05, 3.63) is 35.6 Å². The summed E-state index contributed by atoms with van der Waals surface area (Å²) in [4.78, 5) is 23.3. The zero-order chi connectivity index (χ0) is 16.9. The standard InChI is InChI=1S/C18H21N3O3/c1-2-3-7-16-14(13-6-4-5-8-15(13)24-16)11-19-21-18(23)17(22)20-12-9-10-12/h4-6,8,11-12H,2-3,7,9-10H2,1H3,(H,20,22)(H,21,23)/b19-11-. The number of hydrogen-bond donors (Lipinski definition) is 2. The number of nitrogens with one attached hydrogen (secondary N) is 2. The smallest absolute Gasteiger partial charge is 0.329 e. The number of hydrazone groups is 1. The largest absolute Gasteiger partial charge is 0.460 e. The van der Waals surface area contributed by atoms with Crippen molar-refractivity contribution in [2.24, 2.45) is 5.10 Å². The highest BCUT2D eigenvalue weighted by Crippen LogP contribution is 2.25. The Bertz CT molecular complexity index is 775. The van der Waals surface area contributed by atoms with Crippen LogP contribution in [0, 0.1) is 0 Å². The van der Waals surface area contributed by atoms with Crippen molar-refractivity contribution in [3.63, 3.8) is 0 Å². The molecule has 0 unspecified atom stereocenters. The highest BCUT2D eigenvalue weighted by Gasteiger charge is 2.26.